The third kappa shape index (κ3) is 7.89. The minimum atomic E-state index is -4.41. The fourth-order valence-electron chi connectivity index (χ4n) is 0.556. The second-order valence-electron chi connectivity index (χ2n) is 2.69. The number of hydrogen-bond donors (Lipinski definition) is 3. The predicted octanol–water partition coefficient (Wildman–Crippen LogP) is -1.08. The Bertz CT molecular complexity index is 209. The van der Waals surface area contributed by atoms with Gasteiger partial charge in [-0.25, -0.2) is 4.79 Å². The standard InChI is InChI=1S/C7H14O6Si/c1-6(2)7(8)12-4-3-5-13-14(9,10)11/h9-11H,1,3-5H2,2H3. The van der Waals surface area contributed by atoms with Crippen LogP contribution in [-0.2, 0) is 14.0 Å². The molecule has 0 heterocycles. The van der Waals surface area contributed by atoms with Gasteiger partial charge in [0.2, 0.25) is 0 Å². The second-order valence-corrected chi connectivity index (χ2v) is 4.13. The number of hydrogen-bond acceptors (Lipinski definition) is 6. The highest BCUT2D eigenvalue weighted by molar-refractivity contribution is 6.48. The van der Waals surface area contributed by atoms with E-state index in [4.69, 9.17) is 14.4 Å². The summed E-state index contributed by atoms with van der Waals surface area (Å²) in [5.41, 5.74) is 0.293. The number of carbonyl (C=O) groups excluding carboxylic acids is 1. The van der Waals surface area contributed by atoms with Crippen LogP contribution in [-0.4, -0.2) is 42.6 Å². The van der Waals surface area contributed by atoms with Crippen molar-refractivity contribution in [1.29, 1.82) is 0 Å². The van der Waals surface area contributed by atoms with Crippen LogP contribution in [0.15, 0.2) is 12.2 Å². The van der Waals surface area contributed by atoms with Gasteiger partial charge in [0.05, 0.1) is 6.61 Å². The van der Waals surface area contributed by atoms with Crippen LogP contribution in [0.25, 0.3) is 0 Å². The lowest BCUT2D eigenvalue weighted by molar-refractivity contribution is -0.139. The van der Waals surface area contributed by atoms with Crippen molar-refractivity contribution in [2.24, 2.45) is 0 Å². The van der Waals surface area contributed by atoms with Crippen LogP contribution >= 0.6 is 0 Å². The molecule has 7 heteroatoms. The fourth-order valence-corrected chi connectivity index (χ4v) is 0.974. The summed E-state index contributed by atoms with van der Waals surface area (Å²) >= 11 is 0. The van der Waals surface area contributed by atoms with E-state index in [1.807, 2.05) is 0 Å². The first kappa shape index (κ1) is 13.3. The van der Waals surface area contributed by atoms with E-state index in [0.29, 0.717) is 5.57 Å². The molecule has 14 heavy (non-hydrogen) atoms. The lowest BCUT2D eigenvalue weighted by Gasteiger charge is -2.09. The topological polar surface area (TPSA) is 96.2 Å². The Balaban J connectivity index is 3.39. The van der Waals surface area contributed by atoms with Crippen LogP contribution in [0.5, 0.6) is 0 Å². The third-order valence-corrected chi connectivity index (χ3v) is 1.76. The van der Waals surface area contributed by atoms with Crippen LogP contribution in [0, 0.1) is 0 Å². The average Bonchev–Trinajstić information content (AvgIpc) is 2.01. The minimum Gasteiger partial charge on any atom is -0.462 e. The average molecular weight is 222 g/mol. The molecular weight excluding hydrogens is 208 g/mol. The molecule has 0 saturated carbocycles. The van der Waals surface area contributed by atoms with Gasteiger partial charge in [0.1, 0.15) is 0 Å². The number of esters is 1. The predicted molar refractivity (Wildman–Crippen MR) is 48.8 cm³/mol. The molecule has 0 aromatic carbocycles. The maximum atomic E-state index is 10.8. The van der Waals surface area contributed by atoms with Crippen molar-refractivity contribution in [1.82, 2.24) is 0 Å². The number of ether oxygens (including phenoxy) is 1. The second kappa shape index (κ2) is 5.88. The van der Waals surface area contributed by atoms with E-state index in [9.17, 15) is 4.79 Å². The van der Waals surface area contributed by atoms with E-state index in [2.05, 4.69) is 15.7 Å². The summed E-state index contributed by atoms with van der Waals surface area (Å²) in [6.45, 7) is 4.89. The highest BCUT2D eigenvalue weighted by Gasteiger charge is 2.29. The van der Waals surface area contributed by atoms with Gasteiger partial charge in [0.15, 0.2) is 0 Å². The van der Waals surface area contributed by atoms with Gasteiger partial charge < -0.3 is 23.5 Å². The maximum absolute atomic E-state index is 10.8. The largest absolute Gasteiger partial charge is 0.671 e. The summed E-state index contributed by atoms with van der Waals surface area (Å²) in [6.07, 6.45) is 0.273. The molecule has 0 aromatic heterocycles. The van der Waals surface area contributed by atoms with Crippen molar-refractivity contribution in [3.05, 3.63) is 12.2 Å². The van der Waals surface area contributed by atoms with Crippen molar-refractivity contribution >= 4 is 15.0 Å². The van der Waals surface area contributed by atoms with Crippen molar-refractivity contribution in [3.63, 3.8) is 0 Å². The lowest BCUT2D eigenvalue weighted by atomic mass is 10.4. The SMILES string of the molecule is C=C(C)C(=O)OCCCO[Si](O)(O)O. The molecule has 0 radical (unpaired) electrons. The molecule has 0 saturated heterocycles. The number of carbonyl (C=O) groups is 1. The first-order chi connectivity index (χ1) is 6.33. The van der Waals surface area contributed by atoms with Crippen LogP contribution < -0.4 is 0 Å². The Labute approximate surface area is 82.9 Å². The molecule has 0 spiro atoms. The summed E-state index contributed by atoms with van der Waals surface area (Å²) in [6, 6.07) is 0. The van der Waals surface area contributed by atoms with Gasteiger partial charge in [0, 0.05) is 18.6 Å². The van der Waals surface area contributed by atoms with Gasteiger partial charge >= 0.3 is 15.0 Å². The summed E-state index contributed by atoms with van der Waals surface area (Å²) in [5, 5.41) is 0. The Kier molecular flexibility index (Phi) is 5.58. The van der Waals surface area contributed by atoms with Gasteiger partial charge in [-0.05, 0) is 6.92 Å². The summed E-state index contributed by atoms with van der Waals surface area (Å²) in [4.78, 5) is 36.1. The molecule has 0 atom stereocenters. The highest BCUT2D eigenvalue weighted by Crippen LogP contribution is 1.95. The molecule has 3 N–H and O–H groups in total. The van der Waals surface area contributed by atoms with E-state index in [-0.39, 0.29) is 19.6 Å². The smallest absolute Gasteiger partial charge is 0.462 e. The van der Waals surface area contributed by atoms with Gasteiger partial charge in [-0.2, -0.15) is 0 Å². The molecule has 6 nitrogen and oxygen atoms in total. The molecule has 0 bridgehead atoms. The van der Waals surface area contributed by atoms with Crippen LogP contribution in [0.2, 0.25) is 0 Å². The summed E-state index contributed by atoms with van der Waals surface area (Å²) < 4.78 is 8.93. The van der Waals surface area contributed by atoms with E-state index in [1.165, 1.54) is 6.92 Å². The van der Waals surface area contributed by atoms with Crippen LogP contribution in [0.4, 0.5) is 0 Å². The molecule has 0 aromatic rings. The quantitative estimate of drug-likeness (QED) is 0.229. The Morgan fingerprint density at radius 2 is 1.93 bits per heavy atom. The van der Waals surface area contributed by atoms with Gasteiger partial charge in [0.25, 0.3) is 0 Å². The molecule has 0 unspecified atom stereocenters. The Morgan fingerprint density at radius 3 is 2.36 bits per heavy atom. The van der Waals surface area contributed by atoms with Crippen molar-refractivity contribution < 1.29 is 28.3 Å². The molecule has 0 aliphatic rings. The highest BCUT2D eigenvalue weighted by atomic mass is 28.4. The fraction of sp³-hybridized carbons (Fsp3) is 0.571. The first-order valence-electron chi connectivity index (χ1n) is 3.96. The maximum Gasteiger partial charge on any atom is 0.671 e. The molecule has 0 aliphatic heterocycles. The van der Waals surface area contributed by atoms with Gasteiger partial charge in [-0.3, -0.25) is 0 Å². The Morgan fingerprint density at radius 1 is 1.36 bits per heavy atom. The van der Waals surface area contributed by atoms with Crippen molar-refractivity contribution in [2.75, 3.05) is 13.2 Å². The van der Waals surface area contributed by atoms with Gasteiger partial charge in [-0.15, -0.1) is 0 Å². The normalized spacial score (nSPS) is 11.1. The minimum absolute atomic E-state index is 0.0795. The van der Waals surface area contributed by atoms with Crippen molar-refractivity contribution in [2.45, 2.75) is 13.3 Å². The molecule has 0 aliphatic carbocycles. The monoisotopic (exact) mass is 222 g/mol. The third-order valence-electron chi connectivity index (χ3n) is 1.17. The number of rotatable bonds is 6. The zero-order chi connectivity index (χ0) is 11.2. The van der Waals surface area contributed by atoms with E-state index in [1.54, 1.807) is 0 Å². The Hall–Kier alpha value is -0.733. The van der Waals surface area contributed by atoms with Crippen LogP contribution in [0.3, 0.4) is 0 Å². The summed E-state index contributed by atoms with van der Waals surface area (Å²) in [7, 11) is -4.41. The van der Waals surface area contributed by atoms with E-state index >= 15 is 0 Å². The lowest BCUT2D eigenvalue weighted by Crippen LogP contribution is -2.39. The molecule has 0 rings (SSSR count). The summed E-state index contributed by atoms with van der Waals surface area (Å²) in [5.74, 6) is -0.509. The van der Waals surface area contributed by atoms with Crippen LogP contribution in [0.1, 0.15) is 13.3 Å². The zero-order valence-corrected chi connectivity index (χ0v) is 8.89. The molecule has 82 valence electrons. The zero-order valence-electron chi connectivity index (χ0n) is 7.89. The first-order valence-corrected chi connectivity index (χ1v) is 5.71. The molecular formula is C7H14O6Si. The molecule has 0 amide bonds. The van der Waals surface area contributed by atoms with E-state index < -0.39 is 15.0 Å². The molecule has 0 fully saturated rings. The van der Waals surface area contributed by atoms with Gasteiger partial charge in [-0.1, -0.05) is 6.58 Å². The van der Waals surface area contributed by atoms with E-state index in [0.717, 1.165) is 0 Å². The van der Waals surface area contributed by atoms with Crippen molar-refractivity contribution in [3.8, 4) is 0 Å².